The van der Waals surface area contributed by atoms with E-state index in [9.17, 15) is 9.59 Å². The molecule has 2 rings (SSSR count). The Labute approximate surface area is 129 Å². The third-order valence-electron chi connectivity index (χ3n) is 3.44. The number of aromatic nitrogens is 3. The molecule has 2 heterocycles. The van der Waals surface area contributed by atoms with Gasteiger partial charge in [0.1, 0.15) is 5.56 Å². The summed E-state index contributed by atoms with van der Waals surface area (Å²) in [6, 6.07) is 5.00. The van der Waals surface area contributed by atoms with Crippen LogP contribution in [0.3, 0.4) is 0 Å². The first kappa shape index (κ1) is 15.9. The van der Waals surface area contributed by atoms with Crippen LogP contribution in [0, 0.1) is 0 Å². The zero-order valence-corrected chi connectivity index (χ0v) is 12.7. The molecule has 2 aromatic rings. The second-order valence-corrected chi connectivity index (χ2v) is 5.13. The average molecular weight is 300 g/mol. The van der Waals surface area contributed by atoms with Gasteiger partial charge in [-0.05, 0) is 24.6 Å². The number of primary amides is 1. The fraction of sp³-hybridized carbons (Fsp3) is 0.375. The number of nitrogens with zero attached hydrogens (tertiary/aromatic N) is 3. The Morgan fingerprint density at radius 1 is 1.23 bits per heavy atom. The van der Waals surface area contributed by atoms with Crippen LogP contribution < -0.4 is 11.3 Å². The normalized spacial score (nSPS) is 10.6. The highest BCUT2D eigenvalue weighted by molar-refractivity contribution is 5.93. The van der Waals surface area contributed by atoms with Crippen LogP contribution in [-0.2, 0) is 6.54 Å². The molecule has 6 heteroatoms. The van der Waals surface area contributed by atoms with E-state index < -0.39 is 11.5 Å². The highest BCUT2D eigenvalue weighted by Crippen LogP contribution is 2.15. The van der Waals surface area contributed by atoms with Crippen molar-refractivity contribution in [2.75, 3.05) is 0 Å². The van der Waals surface area contributed by atoms with E-state index in [1.807, 2.05) is 0 Å². The minimum Gasteiger partial charge on any atom is -0.365 e. The third-order valence-corrected chi connectivity index (χ3v) is 3.44. The molecule has 0 bridgehead atoms. The second kappa shape index (κ2) is 7.49. The molecule has 0 aliphatic carbocycles. The van der Waals surface area contributed by atoms with Crippen LogP contribution in [0.15, 0.2) is 35.4 Å². The number of aryl methyl sites for hydroxylation is 1. The zero-order valence-electron chi connectivity index (χ0n) is 12.7. The van der Waals surface area contributed by atoms with Crippen molar-refractivity contribution in [3.63, 3.8) is 0 Å². The molecule has 6 nitrogen and oxygen atoms in total. The lowest BCUT2D eigenvalue weighted by atomic mass is 10.1. The Kier molecular flexibility index (Phi) is 5.41. The predicted octanol–water partition coefficient (Wildman–Crippen LogP) is 1.98. The number of rotatable bonds is 7. The maximum absolute atomic E-state index is 12.2. The van der Waals surface area contributed by atoms with Gasteiger partial charge >= 0.3 is 0 Å². The fourth-order valence-electron chi connectivity index (χ4n) is 2.22. The van der Waals surface area contributed by atoms with Crippen LogP contribution in [-0.4, -0.2) is 20.7 Å². The van der Waals surface area contributed by atoms with Gasteiger partial charge in [0, 0.05) is 24.5 Å². The van der Waals surface area contributed by atoms with Crippen LogP contribution in [0.2, 0.25) is 0 Å². The molecule has 116 valence electrons. The smallest absolute Gasteiger partial charge is 0.279 e. The molecular weight excluding hydrogens is 280 g/mol. The Morgan fingerprint density at radius 2 is 1.95 bits per heavy atom. The third kappa shape index (κ3) is 3.78. The fourth-order valence-corrected chi connectivity index (χ4v) is 2.22. The molecule has 22 heavy (non-hydrogen) atoms. The van der Waals surface area contributed by atoms with Gasteiger partial charge in [-0.25, -0.2) is 4.68 Å². The maximum atomic E-state index is 12.2. The van der Waals surface area contributed by atoms with Crippen LogP contribution in [0.5, 0.6) is 0 Å². The van der Waals surface area contributed by atoms with Crippen LogP contribution in [0.25, 0.3) is 11.3 Å². The minimum absolute atomic E-state index is 0.0303. The number of hydrogen-bond acceptors (Lipinski definition) is 4. The van der Waals surface area contributed by atoms with Crippen molar-refractivity contribution in [2.24, 2.45) is 5.73 Å². The summed E-state index contributed by atoms with van der Waals surface area (Å²) >= 11 is 0. The van der Waals surface area contributed by atoms with Crippen molar-refractivity contribution in [2.45, 2.75) is 39.2 Å². The largest absolute Gasteiger partial charge is 0.365 e. The van der Waals surface area contributed by atoms with Crippen molar-refractivity contribution in [3.8, 4) is 11.3 Å². The highest BCUT2D eigenvalue weighted by Gasteiger charge is 2.13. The van der Waals surface area contributed by atoms with Gasteiger partial charge in [0.2, 0.25) is 0 Å². The van der Waals surface area contributed by atoms with Crippen molar-refractivity contribution in [1.82, 2.24) is 14.8 Å². The van der Waals surface area contributed by atoms with Gasteiger partial charge in [-0.15, -0.1) is 0 Å². The van der Waals surface area contributed by atoms with Crippen molar-refractivity contribution < 1.29 is 4.79 Å². The van der Waals surface area contributed by atoms with E-state index in [1.54, 1.807) is 24.5 Å². The summed E-state index contributed by atoms with van der Waals surface area (Å²) < 4.78 is 1.34. The number of pyridine rings is 1. The van der Waals surface area contributed by atoms with Crippen molar-refractivity contribution >= 4 is 5.91 Å². The van der Waals surface area contributed by atoms with E-state index in [2.05, 4.69) is 17.0 Å². The molecule has 0 aromatic carbocycles. The Hall–Kier alpha value is -2.50. The molecule has 0 unspecified atom stereocenters. The molecule has 0 spiro atoms. The maximum Gasteiger partial charge on any atom is 0.279 e. The summed E-state index contributed by atoms with van der Waals surface area (Å²) in [5, 5.41) is 4.35. The topological polar surface area (TPSA) is 90.9 Å². The highest BCUT2D eigenvalue weighted by atomic mass is 16.2. The van der Waals surface area contributed by atoms with E-state index in [4.69, 9.17) is 5.73 Å². The number of hydrogen-bond donors (Lipinski definition) is 1. The molecule has 0 radical (unpaired) electrons. The van der Waals surface area contributed by atoms with E-state index in [0.29, 0.717) is 12.2 Å². The van der Waals surface area contributed by atoms with Gasteiger partial charge < -0.3 is 5.73 Å². The number of carbonyl (C=O) groups excluding carboxylic acids is 1. The number of amides is 1. The van der Waals surface area contributed by atoms with E-state index in [1.165, 1.54) is 10.7 Å². The van der Waals surface area contributed by atoms with E-state index in [-0.39, 0.29) is 5.56 Å². The standard InChI is InChI=1S/C16H20N4O2/c1-2-3-4-5-10-20-16(22)13(15(17)21)11-14(19-20)12-6-8-18-9-7-12/h6-9,11H,2-5,10H2,1H3,(H2,17,21). The summed E-state index contributed by atoms with van der Waals surface area (Å²) in [6.07, 6.45) is 7.37. The van der Waals surface area contributed by atoms with Gasteiger partial charge in [-0.1, -0.05) is 26.2 Å². The Bertz CT molecular complexity index is 695. The van der Waals surface area contributed by atoms with Crippen molar-refractivity contribution in [1.29, 1.82) is 0 Å². The van der Waals surface area contributed by atoms with E-state index in [0.717, 1.165) is 31.2 Å². The average Bonchev–Trinajstić information content (AvgIpc) is 2.53. The zero-order chi connectivity index (χ0) is 15.9. The monoisotopic (exact) mass is 300 g/mol. The first-order chi connectivity index (χ1) is 10.6. The summed E-state index contributed by atoms with van der Waals surface area (Å²) in [6.45, 7) is 2.61. The molecule has 0 aliphatic rings. The summed E-state index contributed by atoms with van der Waals surface area (Å²) in [4.78, 5) is 27.7. The van der Waals surface area contributed by atoms with Gasteiger partial charge in [0.15, 0.2) is 0 Å². The summed E-state index contributed by atoms with van der Waals surface area (Å²) in [5.41, 5.74) is 6.19. The lowest BCUT2D eigenvalue weighted by molar-refractivity contribution is 0.0998. The molecule has 0 aliphatic heterocycles. The molecule has 0 atom stereocenters. The Balaban J connectivity index is 2.37. The Morgan fingerprint density at radius 3 is 2.59 bits per heavy atom. The molecule has 2 aromatic heterocycles. The van der Waals surface area contributed by atoms with Gasteiger partial charge in [-0.2, -0.15) is 5.10 Å². The first-order valence-corrected chi connectivity index (χ1v) is 7.46. The number of unbranched alkanes of at least 4 members (excludes halogenated alkanes) is 3. The van der Waals surface area contributed by atoms with Crippen LogP contribution in [0.4, 0.5) is 0 Å². The SMILES string of the molecule is CCCCCCn1nc(-c2ccncc2)cc(C(N)=O)c1=O. The molecule has 0 fully saturated rings. The molecule has 1 amide bonds. The van der Waals surface area contributed by atoms with Gasteiger partial charge in [0.25, 0.3) is 11.5 Å². The summed E-state index contributed by atoms with van der Waals surface area (Å²) in [7, 11) is 0. The van der Waals surface area contributed by atoms with Gasteiger partial charge in [0.05, 0.1) is 5.69 Å². The summed E-state index contributed by atoms with van der Waals surface area (Å²) in [5.74, 6) is -0.731. The number of nitrogens with two attached hydrogens (primary N) is 1. The molecule has 0 saturated heterocycles. The van der Waals surface area contributed by atoms with E-state index >= 15 is 0 Å². The lowest BCUT2D eigenvalue weighted by Gasteiger charge is -2.09. The van der Waals surface area contributed by atoms with Crippen LogP contribution in [0.1, 0.15) is 43.0 Å². The quantitative estimate of drug-likeness (QED) is 0.792. The van der Waals surface area contributed by atoms with Crippen molar-refractivity contribution in [3.05, 3.63) is 46.5 Å². The molecule has 0 saturated carbocycles. The predicted molar refractivity (Wildman–Crippen MR) is 84.4 cm³/mol. The number of carbonyl (C=O) groups is 1. The second-order valence-electron chi connectivity index (χ2n) is 5.13. The lowest BCUT2D eigenvalue weighted by Crippen LogP contribution is -2.31. The van der Waals surface area contributed by atoms with Gasteiger partial charge in [-0.3, -0.25) is 14.6 Å². The molecule has 2 N–H and O–H groups in total. The first-order valence-electron chi connectivity index (χ1n) is 7.46. The van der Waals surface area contributed by atoms with Crippen LogP contribution >= 0.6 is 0 Å². The molecular formula is C16H20N4O2. The minimum atomic E-state index is -0.731.